The number of amides is 1. The maximum absolute atomic E-state index is 12.7. The lowest BCUT2D eigenvalue weighted by Gasteiger charge is -2.25. The molecule has 0 saturated heterocycles. The molecule has 6 heteroatoms. The van der Waals surface area contributed by atoms with Gasteiger partial charge in [-0.1, -0.05) is 42.8 Å². The first kappa shape index (κ1) is 18.6. The van der Waals surface area contributed by atoms with Gasteiger partial charge in [-0.05, 0) is 48.9 Å². The smallest absolute Gasteiger partial charge is 0.227 e. The Morgan fingerprint density at radius 1 is 1.03 bits per heavy atom. The molecule has 2 atom stereocenters. The molecule has 1 aromatic heterocycles. The van der Waals surface area contributed by atoms with E-state index in [9.17, 15) is 4.79 Å². The molecular weight excluding hydrogens is 374 g/mol. The van der Waals surface area contributed by atoms with Gasteiger partial charge >= 0.3 is 0 Å². The van der Waals surface area contributed by atoms with E-state index in [0.717, 1.165) is 59.2 Å². The lowest BCUT2D eigenvalue weighted by molar-refractivity contribution is -0.120. The Morgan fingerprint density at radius 2 is 1.90 bits per heavy atom. The molecule has 0 aliphatic heterocycles. The molecule has 1 amide bonds. The third-order valence-corrected chi connectivity index (χ3v) is 5.96. The Balaban J connectivity index is 1.41. The predicted molar refractivity (Wildman–Crippen MR) is 122 cm³/mol. The van der Waals surface area contributed by atoms with Crippen LogP contribution in [0.3, 0.4) is 0 Å². The van der Waals surface area contributed by atoms with E-state index in [1.165, 1.54) is 5.39 Å². The Labute approximate surface area is 174 Å². The molecule has 0 spiro atoms. The lowest BCUT2D eigenvalue weighted by Crippen LogP contribution is -2.34. The maximum atomic E-state index is 12.7. The normalized spacial score (nSPS) is 19.1. The van der Waals surface area contributed by atoms with E-state index in [1.54, 1.807) is 0 Å². The summed E-state index contributed by atoms with van der Waals surface area (Å²) in [5.41, 5.74) is 8.73. The number of fused-ring (bicyclic) bond motifs is 2. The van der Waals surface area contributed by atoms with Gasteiger partial charge < -0.3 is 16.4 Å². The highest BCUT2D eigenvalue weighted by Crippen LogP contribution is 2.31. The number of hydrogen-bond donors (Lipinski definition) is 4. The highest BCUT2D eigenvalue weighted by Gasteiger charge is 2.25. The number of H-pyrrole nitrogens is 1. The summed E-state index contributed by atoms with van der Waals surface area (Å²) in [6, 6.07) is 20.3. The first-order valence-electron chi connectivity index (χ1n) is 10.5. The number of anilines is 3. The molecular formula is C24H25N5O. The van der Waals surface area contributed by atoms with Crippen molar-refractivity contribution in [3.8, 4) is 0 Å². The van der Waals surface area contributed by atoms with Crippen LogP contribution >= 0.6 is 0 Å². The summed E-state index contributed by atoms with van der Waals surface area (Å²) >= 11 is 0. The van der Waals surface area contributed by atoms with Gasteiger partial charge in [-0.15, -0.1) is 0 Å². The summed E-state index contributed by atoms with van der Waals surface area (Å²) in [5, 5.41) is 17.3. The van der Waals surface area contributed by atoms with Crippen LogP contribution in [-0.2, 0) is 4.79 Å². The fourth-order valence-corrected chi connectivity index (χ4v) is 4.36. The molecule has 1 fully saturated rings. The van der Waals surface area contributed by atoms with Gasteiger partial charge in [-0.25, -0.2) is 0 Å². The second-order valence-corrected chi connectivity index (χ2v) is 8.10. The third kappa shape index (κ3) is 3.62. The molecule has 30 heavy (non-hydrogen) atoms. The van der Waals surface area contributed by atoms with Crippen molar-refractivity contribution in [3.63, 3.8) is 0 Å². The van der Waals surface area contributed by atoms with E-state index >= 15 is 0 Å². The Bertz CT molecular complexity index is 1210. The topological polar surface area (TPSA) is 95.8 Å². The molecule has 0 radical (unpaired) electrons. The van der Waals surface area contributed by atoms with Crippen LogP contribution in [0.4, 0.5) is 17.2 Å². The Morgan fingerprint density at radius 3 is 2.80 bits per heavy atom. The number of benzene rings is 3. The summed E-state index contributed by atoms with van der Waals surface area (Å²) in [5.74, 6) is 0.774. The monoisotopic (exact) mass is 399 g/mol. The number of hydrogen-bond acceptors (Lipinski definition) is 4. The molecule has 1 saturated carbocycles. The number of nitrogens with zero attached hydrogens (tertiary/aromatic N) is 1. The SMILES string of the molecule is N[C@H]1CCC[C@@H](C(=O)Nc2ccc3[nH]nc(Nc4cccc5ccccc45)c3c2)C1. The van der Waals surface area contributed by atoms with Crippen molar-refractivity contribution < 1.29 is 4.79 Å². The zero-order valence-corrected chi connectivity index (χ0v) is 16.7. The Hall–Kier alpha value is -3.38. The van der Waals surface area contributed by atoms with Crippen LogP contribution < -0.4 is 16.4 Å². The van der Waals surface area contributed by atoms with Gasteiger partial charge in [-0.3, -0.25) is 9.89 Å². The minimum atomic E-state index is -0.0120. The number of carbonyl (C=O) groups excluding carboxylic acids is 1. The average Bonchev–Trinajstić information content (AvgIpc) is 3.16. The van der Waals surface area contributed by atoms with Gasteiger partial charge in [0, 0.05) is 34.1 Å². The summed E-state index contributed by atoms with van der Waals surface area (Å²) in [7, 11) is 0. The molecule has 1 aliphatic rings. The van der Waals surface area contributed by atoms with E-state index in [2.05, 4.69) is 39.0 Å². The van der Waals surface area contributed by atoms with Crippen molar-refractivity contribution in [2.24, 2.45) is 11.7 Å². The summed E-state index contributed by atoms with van der Waals surface area (Å²) in [4.78, 5) is 12.7. The van der Waals surface area contributed by atoms with Gasteiger partial charge in [0.25, 0.3) is 0 Å². The van der Waals surface area contributed by atoms with Crippen molar-refractivity contribution in [2.45, 2.75) is 31.7 Å². The van der Waals surface area contributed by atoms with Crippen molar-refractivity contribution in [1.82, 2.24) is 10.2 Å². The molecule has 5 N–H and O–H groups in total. The average molecular weight is 399 g/mol. The van der Waals surface area contributed by atoms with E-state index in [1.807, 2.05) is 42.5 Å². The first-order chi connectivity index (χ1) is 14.7. The van der Waals surface area contributed by atoms with Crippen LogP contribution in [0.2, 0.25) is 0 Å². The van der Waals surface area contributed by atoms with E-state index in [4.69, 9.17) is 5.73 Å². The molecule has 152 valence electrons. The second kappa shape index (κ2) is 7.80. The van der Waals surface area contributed by atoms with Crippen LogP contribution in [0.5, 0.6) is 0 Å². The van der Waals surface area contributed by atoms with Gasteiger partial charge in [0.2, 0.25) is 5.91 Å². The van der Waals surface area contributed by atoms with E-state index in [-0.39, 0.29) is 17.9 Å². The minimum Gasteiger partial charge on any atom is -0.338 e. The van der Waals surface area contributed by atoms with Crippen LogP contribution in [0.15, 0.2) is 60.7 Å². The maximum Gasteiger partial charge on any atom is 0.227 e. The fraction of sp³-hybridized carbons (Fsp3) is 0.250. The van der Waals surface area contributed by atoms with Crippen molar-refractivity contribution in [1.29, 1.82) is 0 Å². The summed E-state index contributed by atoms with van der Waals surface area (Å²) in [6.07, 6.45) is 3.68. The largest absolute Gasteiger partial charge is 0.338 e. The van der Waals surface area contributed by atoms with E-state index in [0.29, 0.717) is 0 Å². The fourth-order valence-electron chi connectivity index (χ4n) is 4.36. The van der Waals surface area contributed by atoms with Gasteiger partial charge in [0.05, 0.1) is 5.52 Å². The lowest BCUT2D eigenvalue weighted by atomic mass is 9.85. The van der Waals surface area contributed by atoms with Crippen molar-refractivity contribution >= 4 is 44.8 Å². The minimum absolute atomic E-state index is 0.0120. The first-order valence-corrected chi connectivity index (χ1v) is 10.5. The van der Waals surface area contributed by atoms with Crippen LogP contribution in [0.25, 0.3) is 21.7 Å². The molecule has 6 nitrogen and oxygen atoms in total. The van der Waals surface area contributed by atoms with Crippen LogP contribution in [0.1, 0.15) is 25.7 Å². The highest BCUT2D eigenvalue weighted by molar-refractivity contribution is 6.01. The number of rotatable bonds is 4. The van der Waals surface area contributed by atoms with Crippen molar-refractivity contribution in [3.05, 3.63) is 60.7 Å². The summed E-state index contributed by atoms with van der Waals surface area (Å²) in [6.45, 7) is 0. The molecule has 1 heterocycles. The number of aromatic amines is 1. The molecule has 0 bridgehead atoms. The van der Waals surface area contributed by atoms with Gasteiger partial charge in [0.15, 0.2) is 5.82 Å². The van der Waals surface area contributed by atoms with Crippen LogP contribution in [0, 0.1) is 5.92 Å². The Kier molecular flexibility index (Phi) is 4.85. The van der Waals surface area contributed by atoms with E-state index < -0.39 is 0 Å². The second-order valence-electron chi connectivity index (χ2n) is 8.10. The quantitative estimate of drug-likeness (QED) is 0.392. The number of nitrogens with two attached hydrogens (primary N) is 1. The van der Waals surface area contributed by atoms with Crippen LogP contribution in [-0.4, -0.2) is 22.1 Å². The standard InChI is InChI=1S/C24H25N5O/c25-17-8-3-7-16(13-17)24(30)26-18-11-12-22-20(14-18)23(29-28-22)27-21-10-4-6-15-5-1-2-9-19(15)21/h1-2,4-6,9-12,14,16-17H,3,7-8,13,25H2,(H,26,30)(H2,27,28,29)/t16-,17+/m1/s1. The molecule has 3 aromatic carbocycles. The molecule has 0 unspecified atom stereocenters. The zero-order valence-electron chi connectivity index (χ0n) is 16.7. The van der Waals surface area contributed by atoms with Gasteiger partial charge in [-0.2, -0.15) is 5.10 Å². The number of aromatic nitrogens is 2. The van der Waals surface area contributed by atoms with Crippen molar-refractivity contribution in [2.75, 3.05) is 10.6 Å². The van der Waals surface area contributed by atoms with Gasteiger partial charge in [0.1, 0.15) is 0 Å². The predicted octanol–water partition coefficient (Wildman–Crippen LogP) is 4.92. The molecule has 1 aliphatic carbocycles. The summed E-state index contributed by atoms with van der Waals surface area (Å²) < 4.78 is 0. The third-order valence-electron chi connectivity index (χ3n) is 5.96. The highest BCUT2D eigenvalue weighted by atomic mass is 16.1. The molecule has 5 rings (SSSR count). The number of nitrogens with one attached hydrogen (secondary N) is 3. The zero-order chi connectivity index (χ0) is 20.5. The molecule has 4 aromatic rings. The number of carbonyl (C=O) groups is 1.